The van der Waals surface area contributed by atoms with Crippen LogP contribution in [0, 0.1) is 0 Å². The summed E-state index contributed by atoms with van der Waals surface area (Å²) >= 11 is 0. The Bertz CT molecular complexity index is 486. The van der Waals surface area contributed by atoms with Gasteiger partial charge in [0.2, 0.25) is 0 Å². The molecule has 0 spiro atoms. The molecule has 8 heteroatoms. The number of aliphatic hydroxyl groups is 2. The molecule has 120 valence electrons. The molecule has 22 heavy (non-hydrogen) atoms. The number of hydrogen-bond acceptors (Lipinski definition) is 7. The van der Waals surface area contributed by atoms with Gasteiger partial charge in [-0.1, -0.05) is 36.4 Å². The maximum absolute atomic E-state index is 8.95. The number of hydrogen-bond donors (Lipinski definition) is 7. The van der Waals surface area contributed by atoms with E-state index in [-0.39, 0.29) is 24.7 Å². The highest BCUT2D eigenvalue weighted by Crippen LogP contribution is 2.14. The van der Waals surface area contributed by atoms with Gasteiger partial charge < -0.3 is 35.5 Å². The minimum absolute atomic E-state index is 0.104. The molecule has 0 aliphatic rings. The Morgan fingerprint density at radius 3 is 1.09 bits per heavy atom. The van der Waals surface area contributed by atoms with E-state index >= 15 is 0 Å². The smallest absolute Gasteiger partial charge is 0.508 e. The monoisotopic (exact) mass is 310 g/mol. The lowest BCUT2D eigenvalue weighted by Crippen LogP contribution is -2.07. The fourth-order valence-corrected chi connectivity index (χ4v) is 1.29. The summed E-state index contributed by atoms with van der Waals surface area (Å²) in [4.78, 5) is 0. The molecule has 7 N–H and O–H groups in total. The lowest BCUT2D eigenvalue weighted by Gasteiger charge is -1.96. The molecule has 0 aliphatic carbocycles. The van der Waals surface area contributed by atoms with Gasteiger partial charge in [-0.3, -0.25) is 0 Å². The van der Waals surface area contributed by atoms with E-state index in [2.05, 4.69) is 0 Å². The number of rotatable bonds is 2. The second kappa shape index (κ2) is 11.6. The molecule has 0 amide bonds. The Kier molecular flexibility index (Phi) is 10.5. The van der Waals surface area contributed by atoms with Gasteiger partial charge in [0.15, 0.2) is 0 Å². The molecule has 2 aromatic rings. The number of benzene rings is 2. The van der Waals surface area contributed by atoms with Crippen LogP contribution < -0.4 is 0 Å². The molecule has 0 saturated heterocycles. The Hall–Kier alpha value is -2.10. The SMILES string of the molecule is OB(O)O.OCc1ccccc1O.OCc1ccccc1O. The van der Waals surface area contributed by atoms with E-state index in [0.29, 0.717) is 11.1 Å². The van der Waals surface area contributed by atoms with E-state index in [9.17, 15) is 0 Å². The van der Waals surface area contributed by atoms with Crippen LogP contribution in [0.1, 0.15) is 11.1 Å². The van der Waals surface area contributed by atoms with Gasteiger partial charge in [0, 0.05) is 11.1 Å². The largest absolute Gasteiger partial charge is 0.631 e. The molecule has 0 aromatic heterocycles. The van der Waals surface area contributed by atoms with Crippen molar-refractivity contribution in [2.24, 2.45) is 0 Å². The molecule has 0 fully saturated rings. The fraction of sp³-hybridized carbons (Fsp3) is 0.143. The quantitative estimate of drug-likeness (QED) is 0.378. The van der Waals surface area contributed by atoms with Crippen molar-refractivity contribution >= 4 is 7.32 Å². The van der Waals surface area contributed by atoms with Crippen LogP contribution in [0.4, 0.5) is 0 Å². The van der Waals surface area contributed by atoms with E-state index in [1.54, 1.807) is 48.5 Å². The summed E-state index contributed by atoms with van der Waals surface area (Å²) in [5.74, 6) is 0.306. The first-order chi connectivity index (χ1) is 10.4. The van der Waals surface area contributed by atoms with E-state index in [4.69, 9.17) is 35.5 Å². The molecule has 2 rings (SSSR count). The van der Waals surface area contributed by atoms with Crippen LogP contribution in [0.3, 0.4) is 0 Å². The van der Waals surface area contributed by atoms with Gasteiger partial charge in [-0.15, -0.1) is 0 Å². The maximum atomic E-state index is 8.95. The topological polar surface area (TPSA) is 142 Å². The van der Waals surface area contributed by atoms with Crippen molar-refractivity contribution in [2.45, 2.75) is 13.2 Å². The summed E-state index contributed by atoms with van der Waals surface area (Å²) in [6.07, 6.45) is 0. The van der Waals surface area contributed by atoms with Gasteiger partial charge >= 0.3 is 7.32 Å². The van der Waals surface area contributed by atoms with Crippen LogP contribution in [0.5, 0.6) is 11.5 Å². The van der Waals surface area contributed by atoms with Crippen molar-refractivity contribution in [3.05, 3.63) is 59.7 Å². The predicted molar refractivity (Wildman–Crippen MR) is 80.5 cm³/mol. The number of phenols is 2. The van der Waals surface area contributed by atoms with Crippen molar-refractivity contribution in [1.82, 2.24) is 0 Å². The third-order valence-electron chi connectivity index (χ3n) is 2.32. The molecular weight excluding hydrogens is 291 g/mol. The van der Waals surface area contributed by atoms with Gasteiger partial charge in [0.05, 0.1) is 13.2 Å². The minimum atomic E-state index is -2.17. The Balaban J connectivity index is 0.000000326. The Morgan fingerprint density at radius 1 is 0.636 bits per heavy atom. The van der Waals surface area contributed by atoms with Gasteiger partial charge in [-0.25, -0.2) is 0 Å². The first-order valence-electron chi connectivity index (χ1n) is 6.22. The van der Waals surface area contributed by atoms with Crippen molar-refractivity contribution in [1.29, 1.82) is 0 Å². The second-order valence-corrected chi connectivity index (χ2v) is 3.92. The van der Waals surface area contributed by atoms with Crippen molar-refractivity contribution in [2.75, 3.05) is 0 Å². The van der Waals surface area contributed by atoms with Crippen molar-refractivity contribution in [3.8, 4) is 11.5 Å². The second-order valence-electron chi connectivity index (χ2n) is 3.92. The van der Waals surface area contributed by atoms with Crippen LogP contribution in [0.25, 0.3) is 0 Å². The van der Waals surface area contributed by atoms with Crippen LogP contribution in [0.15, 0.2) is 48.5 Å². The van der Waals surface area contributed by atoms with E-state index in [0.717, 1.165) is 0 Å². The van der Waals surface area contributed by atoms with Gasteiger partial charge in [-0.2, -0.15) is 0 Å². The molecule has 0 aliphatic heterocycles. The lowest BCUT2D eigenvalue weighted by molar-refractivity contribution is 0.275. The molecule has 7 nitrogen and oxygen atoms in total. The molecule has 0 unspecified atom stereocenters. The van der Waals surface area contributed by atoms with Crippen molar-refractivity contribution in [3.63, 3.8) is 0 Å². The number of para-hydroxylation sites is 2. The molecular formula is C14H19BO7. The highest BCUT2D eigenvalue weighted by Gasteiger charge is 1.94. The summed E-state index contributed by atoms with van der Waals surface area (Å²) < 4.78 is 0. The average Bonchev–Trinajstić information content (AvgIpc) is 2.48. The summed E-state index contributed by atoms with van der Waals surface area (Å²) in [6.45, 7) is -0.209. The zero-order chi connectivity index (χ0) is 17.0. The highest BCUT2D eigenvalue weighted by molar-refractivity contribution is 6.30. The first kappa shape index (κ1) is 19.9. The maximum Gasteiger partial charge on any atom is 0.631 e. The zero-order valence-electron chi connectivity index (χ0n) is 11.7. The normalized spacial score (nSPS) is 8.95. The molecule has 0 radical (unpaired) electrons. The van der Waals surface area contributed by atoms with Crippen LogP contribution in [-0.2, 0) is 13.2 Å². The molecule has 0 heterocycles. The van der Waals surface area contributed by atoms with E-state index in [1.165, 1.54) is 0 Å². The minimum Gasteiger partial charge on any atom is -0.508 e. The summed E-state index contributed by atoms with van der Waals surface area (Å²) in [6, 6.07) is 13.4. The Morgan fingerprint density at radius 2 is 0.909 bits per heavy atom. The molecule has 2 aromatic carbocycles. The highest BCUT2D eigenvalue weighted by atomic mass is 16.5. The van der Waals surface area contributed by atoms with Gasteiger partial charge in [0.1, 0.15) is 11.5 Å². The van der Waals surface area contributed by atoms with Crippen LogP contribution in [-0.4, -0.2) is 42.8 Å². The Labute approximate surface area is 128 Å². The predicted octanol–water partition coefficient (Wildman–Crippen LogP) is -0.283. The molecule has 0 atom stereocenters. The number of aliphatic hydroxyl groups excluding tert-OH is 2. The first-order valence-corrected chi connectivity index (χ1v) is 6.22. The average molecular weight is 310 g/mol. The summed E-state index contributed by atoms with van der Waals surface area (Å²) in [5.41, 5.74) is 1.13. The third kappa shape index (κ3) is 8.95. The number of aromatic hydroxyl groups is 2. The van der Waals surface area contributed by atoms with Gasteiger partial charge in [0.25, 0.3) is 0 Å². The van der Waals surface area contributed by atoms with Crippen LogP contribution >= 0.6 is 0 Å². The fourth-order valence-electron chi connectivity index (χ4n) is 1.29. The molecule has 0 bridgehead atoms. The standard InChI is InChI=1S/2C7H8O2.BH3O3/c2*8-5-6-3-1-2-4-7(6)9;2-1(3)4/h2*1-4,8-9H,5H2;2-4H. The van der Waals surface area contributed by atoms with E-state index in [1.807, 2.05) is 0 Å². The van der Waals surface area contributed by atoms with Gasteiger partial charge in [-0.05, 0) is 12.1 Å². The lowest BCUT2D eigenvalue weighted by atomic mass is 10.2. The summed E-state index contributed by atoms with van der Waals surface area (Å²) in [5, 5.41) is 56.5. The third-order valence-corrected chi connectivity index (χ3v) is 2.32. The molecule has 0 saturated carbocycles. The van der Waals surface area contributed by atoms with Crippen LogP contribution in [0.2, 0.25) is 0 Å². The van der Waals surface area contributed by atoms with Crippen molar-refractivity contribution < 1.29 is 35.5 Å². The zero-order valence-corrected chi connectivity index (χ0v) is 11.7. The van der Waals surface area contributed by atoms with E-state index < -0.39 is 7.32 Å². The summed E-state index contributed by atoms with van der Waals surface area (Å²) in [7, 11) is -2.17.